The molecule has 0 radical (unpaired) electrons. The third-order valence-corrected chi connectivity index (χ3v) is 2.66. The monoisotopic (exact) mass is 238 g/mol. The molecular formula is C9H6ClF3O2. The standard InChI is InChI=1S/C9H6ClF3O2/c10-3-4-5-1-2-6(15-5)7(4)8(14)9(11,12)13/h1-2,5-6H,3H2. The Kier molecular flexibility index (Phi) is 2.39. The lowest BCUT2D eigenvalue weighted by atomic mass is 9.94. The van der Waals surface area contributed by atoms with Gasteiger partial charge in [-0.05, 0) is 5.57 Å². The van der Waals surface area contributed by atoms with E-state index in [0.29, 0.717) is 0 Å². The summed E-state index contributed by atoms with van der Waals surface area (Å²) in [7, 11) is 0. The van der Waals surface area contributed by atoms with Crippen LogP contribution in [0.15, 0.2) is 23.3 Å². The number of carbonyl (C=O) groups is 1. The second-order valence-corrected chi connectivity index (χ2v) is 3.53. The number of hydrogen-bond acceptors (Lipinski definition) is 2. The number of ketones is 1. The SMILES string of the molecule is O=C(C1=C(CCl)C2C=CC1O2)C(F)(F)F. The van der Waals surface area contributed by atoms with Crippen molar-refractivity contribution in [1.82, 2.24) is 0 Å². The van der Waals surface area contributed by atoms with Crippen molar-refractivity contribution in [2.45, 2.75) is 18.4 Å². The molecule has 0 aromatic carbocycles. The normalized spacial score (nSPS) is 29.1. The van der Waals surface area contributed by atoms with E-state index in [0.717, 1.165) is 0 Å². The van der Waals surface area contributed by atoms with Crippen molar-refractivity contribution in [2.24, 2.45) is 0 Å². The first-order valence-electron chi connectivity index (χ1n) is 4.19. The van der Waals surface area contributed by atoms with Crippen LogP contribution < -0.4 is 0 Å². The molecule has 2 unspecified atom stereocenters. The first-order chi connectivity index (χ1) is 6.95. The number of Topliss-reactive ketones (excluding diaryl/α,β-unsaturated/α-hetero) is 1. The summed E-state index contributed by atoms with van der Waals surface area (Å²) in [6.07, 6.45) is -3.25. The molecule has 2 aliphatic rings. The zero-order valence-corrected chi connectivity index (χ0v) is 8.10. The van der Waals surface area contributed by atoms with Gasteiger partial charge in [0.25, 0.3) is 5.78 Å². The molecule has 15 heavy (non-hydrogen) atoms. The highest BCUT2D eigenvalue weighted by Gasteiger charge is 2.48. The number of fused-ring (bicyclic) bond motifs is 2. The molecule has 0 saturated heterocycles. The molecule has 2 rings (SSSR count). The fourth-order valence-electron chi connectivity index (χ4n) is 1.72. The van der Waals surface area contributed by atoms with Crippen molar-refractivity contribution in [3.63, 3.8) is 0 Å². The maximum absolute atomic E-state index is 12.2. The Morgan fingerprint density at radius 3 is 2.53 bits per heavy atom. The summed E-state index contributed by atoms with van der Waals surface area (Å²) in [5, 5.41) is 0. The number of halogens is 4. The summed E-state index contributed by atoms with van der Waals surface area (Å²) in [5.41, 5.74) is -0.114. The Morgan fingerprint density at radius 1 is 1.40 bits per heavy atom. The fraction of sp³-hybridized carbons (Fsp3) is 0.444. The topological polar surface area (TPSA) is 26.3 Å². The van der Waals surface area contributed by atoms with Gasteiger partial charge in [-0.1, -0.05) is 12.2 Å². The molecule has 0 fully saturated rings. The zero-order valence-electron chi connectivity index (χ0n) is 7.34. The summed E-state index contributed by atoms with van der Waals surface area (Å²) in [6, 6.07) is 0. The van der Waals surface area contributed by atoms with Gasteiger partial charge in [0.15, 0.2) is 0 Å². The molecular weight excluding hydrogens is 233 g/mol. The average molecular weight is 239 g/mol. The molecule has 2 nitrogen and oxygen atoms in total. The van der Waals surface area contributed by atoms with Gasteiger partial charge in [0.05, 0.1) is 6.10 Å². The third kappa shape index (κ3) is 1.59. The van der Waals surface area contributed by atoms with Crippen LogP contribution in [0.4, 0.5) is 13.2 Å². The van der Waals surface area contributed by atoms with E-state index in [-0.39, 0.29) is 17.0 Å². The maximum atomic E-state index is 12.2. The predicted octanol–water partition coefficient (Wildman–Crippen LogP) is 1.99. The number of ether oxygens (including phenoxy) is 1. The van der Waals surface area contributed by atoms with Crippen LogP contribution >= 0.6 is 11.6 Å². The summed E-state index contributed by atoms with van der Waals surface area (Å²) >= 11 is 5.50. The van der Waals surface area contributed by atoms with Gasteiger partial charge >= 0.3 is 6.18 Å². The Balaban J connectivity index is 2.36. The minimum absolute atomic E-state index is 0.122. The Bertz CT molecular complexity index is 370. The van der Waals surface area contributed by atoms with Gasteiger partial charge in [-0.3, -0.25) is 4.79 Å². The van der Waals surface area contributed by atoms with E-state index in [1.165, 1.54) is 6.08 Å². The van der Waals surface area contributed by atoms with Crippen molar-refractivity contribution < 1.29 is 22.7 Å². The second-order valence-electron chi connectivity index (χ2n) is 3.26. The van der Waals surface area contributed by atoms with Crippen molar-refractivity contribution in [1.29, 1.82) is 0 Å². The lowest BCUT2D eigenvalue weighted by Crippen LogP contribution is -2.29. The van der Waals surface area contributed by atoms with E-state index in [9.17, 15) is 18.0 Å². The minimum Gasteiger partial charge on any atom is -0.358 e. The molecule has 0 N–H and O–H groups in total. The lowest BCUT2D eigenvalue weighted by molar-refractivity contribution is -0.167. The minimum atomic E-state index is -4.87. The molecule has 2 aliphatic heterocycles. The first-order valence-corrected chi connectivity index (χ1v) is 4.73. The van der Waals surface area contributed by atoms with Crippen LogP contribution in [0.2, 0.25) is 0 Å². The lowest BCUT2D eigenvalue weighted by Gasteiger charge is -2.12. The highest BCUT2D eigenvalue weighted by molar-refractivity contribution is 6.20. The van der Waals surface area contributed by atoms with Crippen LogP contribution in [-0.2, 0) is 9.53 Å². The third-order valence-electron chi connectivity index (χ3n) is 2.37. The van der Waals surface area contributed by atoms with E-state index < -0.39 is 24.2 Å². The van der Waals surface area contributed by atoms with Crippen LogP contribution in [-0.4, -0.2) is 30.0 Å². The van der Waals surface area contributed by atoms with Crippen LogP contribution in [0.1, 0.15) is 0 Å². The number of rotatable bonds is 2. The molecule has 0 saturated carbocycles. The number of hydrogen-bond donors (Lipinski definition) is 0. The van der Waals surface area contributed by atoms with E-state index in [2.05, 4.69) is 0 Å². The molecule has 6 heteroatoms. The van der Waals surface area contributed by atoms with Crippen LogP contribution in [0.5, 0.6) is 0 Å². The van der Waals surface area contributed by atoms with Crippen LogP contribution in [0.25, 0.3) is 0 Å². The van der Waals surface area contributed by atoms with Crippen LogP contribution in [0, 0.1) is 0 Å². The van der Waals surface area contributed by atoms with E-state index >= 15 is 0 Å². The van der Waals surface area contributed by atoms with Crippen molar-refractivity contribution in [3.05, 3.63) is 23.3 Å². The van der Waals surface area contributed by atoms with Crippen molar-refractivity contribution >= 4 is 17.4 Å². The highest BCUT2D eigenvalue weighted by Crippen LogP contribution is 2.38. The molecule has 82 valence electrons. The van der Waals surface area contributed by atoms with Gasteiger partial charge < -0.3 is 4.74 Å². The zero-order chi connectivity index (χ0) is 11.2. The van der Waals surface area contributed by atoms with Gasteiger partial charge in [0.1, 0.15) is 6.10 Å². The largest absolute Gasteiger partial charge is 0.454 e. The molecule has 0 amide bonds. The molecule has 2 heterocycles. The Labute approximate surface area is 88.3 Å². The molecule has 0 spiro atoms. The highest BCUT2D eigenvalue weighted by atomic mass is 35.5. The predicted molar refractivity (Wildman–Crippen MR) is 46.6 cm³/mol. The van der Waals surface area contributed by atoms with Crippen LogP contribution in [0.3, 0.4) is 0 Å². The van der Waals surface area contributed by atoms with E-state index in [4.69, 9.17) is 16.3 Å². The van der Waals surface area contributed by atoms with Gasteiger partial charge in [-0.25, -0.2) is 0 Å². The van der Waals surface area contributed by atoms with E-state index in [1.807, 2.05) is 0 Å². The summed E-state index contributed by atoms with van der Waals surface area (Å²) in [4.78, 5) is 11.1. The average Bonchev–Trinajstić information content (AvgIpc) is 2.73. The molecule has 0 aliphatic carbocycles. The number of alkyl halides is 4. The summed E-state index contributed by atoms with van der Waals surface area (Å²) in [6.45, 7) is 0. The van der Waals surface area contributed by atoms with Gasteiger partial charge in [-0.15, -0.1) is 11.6 Å². The Morgan fingerprint density at radius 2 is 2.00 bits per heavy atom. The molecule has 2 bridgehead atoms. The van der Waals surface area contributed by atoms with E-state index in [1.54, 1.807) is 6.08 Å². The second kappa shape index (κ2) is 3.35. The quantitative estimate of drug-likeness (QED) is 0.543. The van der Waals surface area contributed by atoms with Gasteiger partial charge in [0.2, 0.25) is 0 Å². The van der Waals surface area contributed by atoms with Gasteiger partial charge in [-0.2, -0.15) is 13.2 Å². The maximum Gasteiger partial charge on any atom is 0.454 e. The summed E-state index contributed by atoms with van der Waals surface area (Å²) in [5.74, 6) is -1.97. The Hall–Kier alpha value is -0.810. The summed E-state index contributed by atoms with van der Waals surface area (Å²) < 4.78 is 41.8. The fourth-order valence-corrected chi connectivity index (χ4v) is 2.02. The smallest absolute Gasteiger partial charge is 0.358 e. The van der Waals surface area contributed by atoms with Gasteiger partial charge in [0, 0.05) is 11.5 Å². The molecule has 0 aromatic heterocycles. The van der Waals surface area contributed by atoms with Crippen molar-refractivity contribution in [2.75, 3.05) is 5.88 Å². The first kappa shape index (κ1) is 10.7. The molecule has 0 aromatic rings. The van der Waals surface area contributed by atoms with Crippen molar-refractivity contribution in [3.8, 4) is 0 Å². The molecule has 2 atom stereocenters. The number of carbonyl (C=O) groups excluding carboxylic acids is 1.